The van der Waals surface area contributed by atoms with Crippen LogP contribution < -0.4 is 0 Å². The second-order valence-electron chi connectivity index (χ2n) is 11.1. The summed E-state index contributed by atoms with van der Waals surface area (Å²) in [6.45, 7) is 5.40. The molecule has 3 fully saturated rings. The quantitative estimate of drug-likeness (QED) is 0.476. The topological polar surface area (TPSA) is 93.8 Å². The van der Waals surface area contributed by atoms with E-state index in [-0.39, 0.29) is 29.6 Å². The predicted octanol–water partition coefficient (Wildman–Crippen LogP) is 4.60. The number of aliphatic hydroxyl groups is 1. The highest BCUT2D eigenvalue weighted by Gasteiger charge is 2.77. The number of alkyl halides is 2. The largest absolute Gasteiger partial charge is 0.472 e. The van der Waals surface area contributed by atoms with Gasteiger partial charge in [-0.2, -0.15) is 0 Å². The number of carbonyl (C=O) groups excluding carboxylic acids is 3. The van der Waals surface area contributed by atoms with E-state index in [9.17, 15) is 19.5 Å². The third kappa shape index (κ3) is 2.94. The van der Waals surface area contributed by atoms with E-state index in [1.165, 1.54) is 30.7 Å². The van der Waals surface area contributed by atoms with Crippen molar-refractivity contribution >= 4 is 29.1 Å². The summed E-state index contributed by atoms with van der Waals surface area (Å²) in [7, 11) is 0. The van der Waals surface area contributed by atoms with Crippen molar-refractivity contribution in [1.82, 2.24) is 0 Å². The zero-order valence-electron chi connectivity index (χ0n) is 20.1. The number of Topliss-reactive ketones (excluding diaryl/α,β-unsaturated/α-hetero) is 1. The standard InChI is InChI=1S/C27H30ClFO6/c1-15-10-20-19-5-4-17-11-18(30)6-8-24(17,2)26(19,29)21(31)12-25(20,3)27(15,22(32)13-28)35-23(33)16-7-9-34-14-16/h6-9,11,14-15,19-21,31H,4-5,10,12-13H2,1-3H3/t15-,19?,20?,21?,24?,25?,26+,27+/m1/s1. The van der Waals surface area contributed by atoms with E-state index in [2.05, 4.69) is 0 Å². The second-order valence-corrected chi connectivity index (χ2v) is 11.4. The number of allylic oxidation sites excluding steroid dienone is 4. The van der Waals surface area contributed by atoms with E-state index in [0.717, 1.165) is 0 Å². The van der Waals surface area contributed by atoms with Gasteiger partial charge in [0.15, 0.2) is 22.8 Å². The molecule has 35 heavy (non-hydrogen) atoms. The van der Waals surface area contributed by atoms with Gasteiger partial charge in [0.1, 0.15) is 6.26 Å². The molecule has 5 unspecified atom stereocenters. The molecule has 0 radical (unpaired) electrons. The van der Waals surface area contributed by atoms with Gasteiger partial charge in [0.25, 0.3) is 0 Å². The van der Waals surface area contributed by atoms with Crippen molar-refractivity contribution in [2.75, 3.05) is 5.88 Å². The lowest BCUT2D eigenvalue weighted by Crippen LogP contribution is -2.70. The van der Waals surface area contributed by atoms with Crippen LogP contribution >= 0.6 is 11.6 Å². The molecule has 0 amide bonds. The zero-order valence-corrected chi connectivity index (χ0v) is 20.8. The first-order valence-corrected chi connectivity index (χ1v) is 12.6. The highest BCUT2D eigenvalue weighted by Crippen LogP contribution is 2.71. The molecule has 4 aliphatic carbocycles. The lowest BCUT2D eigenvalue weighted by molar-refractivity contribution is -0.218. The molecule has 1 aromatic rings. The van der Waals surface area contributed by atoms with Crippen molar-refractivity contribution in [1.29, 1.82) is 0 Å². The molecule has 0 aromatic carbocycles. The molecule has 0 saturated heterocycles. The molecule has 3 saturated carbocycles. The van der Waals surface area contributed by atoms with Crippen LogP contribution in [0, 0.1) is 28.6 Å². The van der Waals surface area contributed by atoms with E-state index in [1.807, 2.05) is 13.8 Å². The minimum absolute atomic E-state index is 0.0824. The Morgan fingerprint density at radius 3 is 2.71 bits per heavy atom. The highest BCUT2D eigenvalue weighted by molar-refractivity contribution is 6.29. The average molecular weight is 505 g/mol. The molecule has 1 heterocycles. The molecule has 1 N–H and O–H groups in total. The third-order valence-corrected chi connectivity index (χ3v) is 9.97. The molecule has 0 bridgehead atoms. The molecular formula is C27H30ClFO6. The Balaban J connectivity index is 1.61. The average Bonchev–Trinajstić information content (AvgIpc) is 3.42. The Labute approximate surface area is 208 Å². The number of halogens is 2. The molecule has 188 valence electrons. The number of esters is 1. The first-order valence-electron chi connectivity index (χ1n) is 12.1. The van der Waals surface area contributed by atoms with Gasteiger partial charge in [-0.05, 0) is 56.7 Å². The summed E-state index contributed by atoms with van der Waals surface area (Å²) in [5.41, 5.74) is -4.98. The number of ether oxygens (including phenoxy) is 1. The fourth-order valence-corrected chi connectivity index (χ4v) is 8.28. The summed E-state index contributed by atoms with van der Waals surface area (Å²) in [4.78, 5) is 38.6. The van der Waals surface area contributed by atoms with Crippen molar-refractivity contribution in [3.63, 3.8) is 0 Å². The van der Waals surface area contributed by atoms with Crippen molar-refractivity contribution in [3.8, 4) is 0 Å². The van der Waals surface area contributed by atoms with Gasteiger partial charge in [0, 0.05) is 22.7 Å². The van der Waals surface area contributed by atoms with Crippen molar-refractivity contribution < 1.29 is 33.0 Å². The Bertz CT molecular complexity index is 1140. The van der Waals surface area contributed by atoms with Crippen LogP contribution in [0.3, 0.4) is 0 Å². The zero-order chi connectivity index (χ0) is 25.4. The first kappa shape index (κ1) is 24.4. The van der Waals surface area contributed by atoms with Gasteiger partial charge in [-0.3, -0.25) is 9.59 Å². The SMILES string of the molecule is C[C@@H]1CC2C3CCC4=CC(=O)C=CC4(C)[C@@]3(F)C(O)CC2(C)[C@@]1(OC(=O)c1ccoc1)C(=O)CCl. The van der Waals surface area contributed by atoms with Crippen LogP contribution in [-0.2, 0) is 14.3 Å². The van der Waals surface area contributed by atoms with Gasteiger partial charge >= 0.3 is 5.97 Å². The normalized spacial score (nSPS) is 44.2. The molecule has 8 atom stereocenters. The summed E-state index contributed by atoms with van der Waals surface area (Å²) in [5.74, 6) is -3.10. The third-order valence-electron chi connectivity index (χ3n) is 9.73. The van der Waals surface area contributed by atoms with E-state index in [1.54, 1.807) is 13.0 Å². The molecule has 4 aliphatic rings. The first-order chi connectivity index (χ1) is 16.5. The highest BCUT2D eigenvalue weighted by atomic mass is 35.5. The maximum Gasteiger partial charge on any atom is 0.342 e. The Morgan fingerprint density at radius 1 is 1.31 bits per heavy atom. The number of hydrogen-bond acceptors (Lipinski definition) is 6. The number of carbonyl (C=O) groups is 3. The lowest BCUT2D eigenvalue weighted by Gasteiger charge is -2.62. The summed E-state index contributed by atoms with van der Waals surface area (Å²) in [6, 6.07) is 1.45. The van der Waals surface area contributed by atoms with Crippen molar-refractivity contribution in [2.45, 2.75) is 63.8 Å². The van der Waals surface area contributed by atoms with Crippen LogP contribution in [0.25, 0.3) is 0 Å². The predicted molar refractivity (Wildman–Crippen MR) is 125 cm³/mol. The molecule has 0 spiro atoms. The summed E-state index contributed by atoms with van der Waals surface area (Å²) in [6.07, 6.45) is 6.90. The van der Waals surface area contributed by atoms with Gasteiger partial charge < -0.3 is 14.3 Å². The minimum atomic E-state index is -2.03. The van der Waals surface area contributed by atoms with Gasteiger partial charge in [-0.1, -0.05) is 25.5 Å². The number of hydrogen-bond donors (Lipinski definition) is 1. The van der Waals surface area contributed by atoms with Crippen LogP contribution in [0.2, 0.25) is 0 Å². The van der Waals surface area contributed by atoms with E-state index >= 15 is 4.39 Å². The monoisotopic (exact) mass is 504 g/mol. The van der Waals surface area contributed by atoms with Gasteiger partial charge in [0.05, 0.1) is 23.8 Å². The molecule has 8 heteroatoms. The molecule has 1 aromatic heterocycles. The lowest BCUT2D eigenvalue weighted by atomic mass is 9.44. The van der Waals surface area contributed by atoms with Crippen molar-refractivity contribution in [2.24, 2.45) is 28.6 Å². The van der Waals surface area contributed by atoms with E-state index < -0.39 is 51.8 Å². The van der Waals surface area contributed by atoms with Crippen molar-refractivity contribution in [3.05, 3.63) is 48.0 Å². The smallest absolute Gasteiger partial charge is 0.342 e. The number of furan rings is 1. The minimum Gasteiger partial charge on any atom is -0.472 e. The number of rotatable bonds is 4. The fourth-order valence-electron chi connectivity index (χ4n) is 8.08. The fraction of sp³-hybridized carbons (Fsp3) is 0.593. The van der Waals surface area contributed by atoms with Gasteiger partial charge in [-0.15, -0.1) is 11.6 Å². The number of ketones is 2. The van der Waals surface area contributed by atoms with Gasteiger partial charge in [0.2, 0.25) is 0 Å². The van der Waals surface area contributed by atoms with Crippen LogP contribution in [0.1, 0.15) is 56.8 Å². The van der Waals surface area contributed by atoms with E-state index in [0.29, 0.717) is 24.8 Å². The second kappa shape index (κ2) is 7.87. The van der Waals surface area contributed by atoms with Gasteiger partial charge in [-0.25, -0.2) is 9.18 Å². The Morgan fingerprint density at radius 2 is 2.06 bits per heavy atom. The molecule has 5 rings (SSSR count). The molecule has 0 aliphatic heterocycles. The maximum absolute atomic E-state index is 17.3. The summed E-state index contributed by atoms with van der Waals surface area (Å²) in [5, 5.41) is 11.5. The molecule has 6 nitrogen and oxygen atoms in total. The van der Waals surface area contributed by atoms with E-state index in [4.69, 9.17) is 20.8 Å². The number of aliphatic hydroxyl groups excluding tert-OH is 1. The van der Waals surface area contributed by atoms with Crippen LogP contribution in [0.4, 0.5) is 4.39 Å². The van der Waals surface area contributed by atoms with Crippen LogP contribution in [-0.4, -0.2) is 45.9 Å². The Hall–Kier alpha value is -2.25. The number of fused-ring (bicyclic) bond motifs is 5. The van der Waals surface area contributed by atoms with Crippen LogP contribution in [0.5, 0.6) is 0 Å². The Kier molecular flexibility index (Phi) is 5.50. The molecular weight excluding hydrogens is 475 g/mol. The van der Waals surface area contributed by atoms with Crippen LogP contribution in [0.15, 0.2) is 46.8 Å². The maximum atomic E-state index is 17.3. The summed E-state index contributed by atoms with van der Waals surface area (Å²) >= 11 is 6.07. The summed E-state index contributed by atoms with van der Waals surface area (Å²) < 4.78 is 28.4.